The van der Waals surface area contributed by atoms with Crippen LogP contribution in [0.3, 0.4) is 0 Å². The molecule has 3 heterocycles. The number of rotatable bonds is 5. The van der Waals surface area contributed by atoms with E-state index in [0.29, 0.717) is 17.9 Å². The topological polar surface area (TPSA) is 120 Å². The highest BCUT2D eigenvalue weighted by atomic mass is 35.5. The zero-order valence-electron chi connectivity index (χ0n) is 18.7. The maximum atomic E-state index is 12.7. The largest absolute Gasteiger partial charge is 0.444 e. The van der Waals surface area contributed by atoms with Crippen molar-refractivity contribution in [3.63, 3.8) is 0 Å². The molecule has 4 rings (SSSR count). The number of nitro groups is 1. The van der Waals surface area contributed by atoms with E-state index in [2.05, 4.69) is 15.3 Å². The number of anilines is 1. The van der Waals surface area contributed by atoms with Gasteiger partial charge in [0.15, 0.2) is 0 Å². The van der Waals surface area contributed by atoms with Gasteiger partial charge in [0.2, 0.25) is 5.82 Å². The Morgan fingerprint density at radius 3 is 2.48 bits per heavy atom. The van der Waals surface area contributed by atoms with Crippen molar-refractivity contribution in [1.29, 1.82) is 0 Å². The number of hydrogen-bond acceptors (Lipinski definition) is 8. The number of ether oxygens (including phenoxy) is 2. The fraction of sp³-hybridized carbons (Fsp3) is 0.500. The Hall–Kier alpha value is -3.14. The molecule has 10 nitrogen and oxygen atoms in total. The first-order chi connectivity index (χ1) is 15.6. The second-order valence-electron chi connectivity index (χ2n) is 9.25. The number of nitrogens with one attached hydrogen (secondary N) is 1. The van der Waals surface area contributed by atoms with Crippen LogP contribution >= 0.6 is 11.6 Å². The SMILES string of the molecule is CC(C)(C)OC(=O)N1[C@@H]2CC[C@@H]1CC(Nc1ncnc(Oc3ccccc3Cl)c1[N+](=O)[O-])C2. The fourth-order valence-electron chi connectivity index (χ4n) is 4.44. The Morgan fingerprint density at radius 1 is 1.21 bits per heavy atom. The Bertz CT molecular complexity index is 1050. The van der Waals surface area contributed by atoms with Crippen LogP contribution in [-0.2, 0) is 4.74 Å². The monoisotopic (exact) mass is 475 g/mol. The summed E-state index contributed by atoms with van der Waals surface area (Å²) in [7, 11) is 0. The maximum absolute atomic E-state index is 12.7. The molecule has 0 saturated carbocycles. The van der Waals surface area contributed by atoms with Gasteiger partial charge in [-0.2, -0.15) is 4.98 Å². The highest BCUT2D eigenvalue weighted by molar-refractivity contribution is 6.32. The molecule has 0 spiro atoms. The highest BCUT2D eigenvalue weighted by Gasteiger charge is 2.45. The second kappa shape index (κ2) is 9.01. The van der Waals surface area contributed by atoms with Crippen LogP contribution in [0.1, 0.15) is 46.5 Å². The molecule has 2 atom stereocenters. The molecule has 1 aromatic heterocycles. The Labute approximate surface area is 196 Å². The molecule has 1 N–H and O–H groups in total. The molecule has 176 valence electrons. The number of fused-ring (bicyclic) bond motifs is 2. The van der Waals surface area contributed by atoms with Gasteiger partial charge in [-0.1, -0.05) is 23.7 Å². The molecular weight excluding hydrogens is 450 g/mol. The molecule has 2 aliphatic rings. The lowest BCUT2D eigenvalue weighted by Crippen LogP contribution is -2.51. The molecule has 0 radical (unpaired) electrons. The van der Waals surface area contributed by atoms with E-state index in [1.54, 1.807) is 24.3 Å². The van der Waals surface area contributed by atoms with E-state index >= 15 is 0 Å². The van der Waals surface area contributed by atoms with Crippen molar-refractivity contribution in [3.05, 3.63) is 45.7 Å². The molecule has 1 aromatic carbocycles. The van der Waals surface area contributed by atoms with E-state index in [-0.39, 0.29) is 47.4 Å². The summed E-state index contributed by atoms with van der Waals surface area (Å²) in [5.74, 6) is 0.141. The molecule has 11 heteroatoms. The zero-order chi connectivity index (χ0) is 23.8. The summed E-state index contributed by atoms with van der Waals surface area (Å²) in [6, 6.07) is 6.59. The molecular formula is C22H26ClN5O5. The summed E-state index contributed by atoms with van der Waals surface area (Å²) >= 11 is 6.12. The molecule has 2 saturated heterocycles. The van der Waals surface area contributed by atoms with E-state index in [1.165, 1.54) is 6.33 Å². The van der Waals surface area contributed by atoms with E-state index in [1.807, 2.05) is 25.7 Å². The first-order valence-electron chi connectivity index (χ1n) is 10.8. The average molecular weight is 476 g/mol. The third-order valence-electron chi connectivity index (χ3n) is 5.69. The van der Waals surface area contributed by atoms with Gasteiger partial charge in [0.25, 0.3) is 0 Å². The van der Waals surface area contributed by atoms with Gasteiger partial charge in [-0.25, -0.2) is 9.78 Å². The minimum Gasteiger partial charge on any atom is -0.444 e. The Balaban J connectivity index is 1.52. The second-order valence-corrected chi connectivity index (χ2v) is 9.66. The first kappa shape index (κ1) is 23.0. The summed E-state index contributed by atoms with van der Waals surface area (Å²) in [4.78, 5) is 33.9. The first-order valence-corrected chi connectivity index (χ1v) is 11.2. The number of piperidine rings is 1. The summed E-state index contributed by atoms with van der Waals surface area (Å²) in [5, 5.41) is 15.4. The number of nitrogens with zero attached hydrogens (tertiary/aromatic N) is 4. The van der Waals surface area contributed by atoms with Crippen molar-refractivity contribution in [1.82, 2.24) is 14.9 Å². The van der Waals surface area contributed by atoms with Crippen LogP contribution in [0.25, 0.3) is 0 Å². The quantitative estimate of drug-likeness (QED) is 0.464. The van der Waals surface area contributed by atoms with Crippen molar-refractivity contribution in [3.8, 4) is 11.6 Å². The molecule has 2 aliphatic heterocycles. The number of para-hydroxylation sites is 1. The van der Waals surface area contributed by atoms with E-state index in [4.69, 9.17) is 21.1 Å². The summed E-state index contributed by atoms with van der Waals surface area (Å²) in [6.45, 7) is 5.53. The lowest BCUT2D eigenvalue weighted by Gasteiger charge is -2.39. The molecule has 1 amide bonds. The lowest BCUT2D eigenvalue weighted by atomic mass is 9.97. The molecule has 2 aromatic rings. The average Bonchev–Trinajstić information content (AvgIpc) is 2.99. The standard InChI is InChI=1S/C22H26ClN5O5/c1-22(2,3)33-21(29)27-14-8-9-15(27)11-13(10-14)26-19-18(28(30)31)20(25-12-24-19)32-17-7-5-4-6-16(17)23/h4-7,12-15H,8-11H2,1-3H3,(H,24,25,26)/t14-,15-/m1/s1. The van der Waals surface area contributed by atoms with Gasteiger partial charge >= 0.3 is 17.7 Å². The van der Waals surface area contributed by atoms with Crippen molar-refractivity contribution in [2.24, 2.45) is 0 Å². The highest BCUT2D eigenvalue weighted by Crippen LogP contribution is 2.40. The number of carbonyl (C=O) groups excluding carboxylic acids is 1. The summed E-state index contributed by atoms with van der Waals surface area (Å²) in [5.41, 5.74) is -0.926. The smallest absolute Gasteiger partial charge is 0.410 e. The summed E-state index contributed by atoms with van der Waals surface area (Å²) in [6.07, 6.45) is 3.92. The minimum atomic E-state index is -0.570. The third-order valence-corrected chi connectivity index (χ3v) is 6.01. The predicted molar refractivity (Wildman–Crippen MR) is 122 cm³/mol. The zero-order valence-corrected chi connectivity index (χ0v) is 19.4. The fourth-order valence-corrected chi connectivity index (χ4v) is 4.61. The molecule has 0 unspecified atom stereocenters. The molecule has 2 fully saturated rings. The van der Waals surface area contributed by atoms with Crippen molar-refractivity contribution < 1.29 is 19.2 Å². The van der Waals surface area contributed by atoms with Crippen LogP contribution in [-0.4, -0.2) is 49.6 Å². The van der Waals surface area contributed by atoms with Gasteiger partial charge < -0.3 is 19.7 Å². The van der Waals surface area contributed by atoms with Crippen molar-refractivity contribution in [2.75, 3.05) is 5.32 Å². The van der Waals surface area contributed by atoms with E-state index < -0.39 is 10.5 Å². The number of hydrogen-bond donors (Lipinski definition) is 1. The predicted octanol–water partition coefficient (Wildman–Crippen LogP) is 5.17. The van der Waals surface area contributed by atoms with Crippen LogP contribution in [0.4, 0.5) is 16.3 Å². The molecule has 33 heavy (non-hydrogen) atoms. The maximum Gasteiger partial charge on any atom is 0.410 e. The third kappa shape index (κ3) is 5.11. The van der Waals surface area contributed by atoms with Crippen LogP contribution in [0.5, 0.6) is 11.6 Å². The Kier molecular flexibility index (Phi) is 6.29. The van der Waals surface area contributed by atoms with Crippen LogP contribution in [0.2, 0.25) is 5.02 Å². The van der Waals surface area contributed by atoms with Gasteiger partial charge in [-0.15, -0.1) is 0 Å². The van der Waals surface area contributed by atoms with Crippen LogP contribution in [0, 0.1) is 10.1 Å². The molecule has 0 aliphatic carbocycles. The van der Waals surface area contributed by atoms with E-state index in [0.717, 1.165) is 12.8 Å². The van der Waals surface area contributed by atoms with Gasteiger partial charge in [-0.05, 0) is 58.6 Å². The van der Waals surface area contributed by atoms with Crippen molar-refractivity contribution >= 4 is 29.2 Å². The summed E-state index contributed by atoms with van der Waals surface area (Å²) < 4.78 is 11.2. The number of aromatic nitrogens is 2. The molecule has 2 bridgehead atoms. The van der Waals surface area contributed by atoms with Gasteiger partial charge in [-0.3, -0.25) is 10.1 Å². The van der Waals surface area contributed by atoms with Gasteiger partial charge in [0.05, 0.1) is 9.95 Å². The lowest BCUT2D eigenvalue weighted by molar-refractivity contribution is -0.385. The minimum absolute atomic E-state index is 0.0100. The number of halogens is 1. The van der Waals surface area contributed by atoms with Crippen LogP contribution in [0.15, 0.2) is 30.6 Å². The normalized spacial score (nSPS) is 22.1. The number of amides is 1. The number of benzene rings is 1. The van der Waals surface area contributed by atoms with Gasteiger partial charge in [0, 0.05) is 18.1 Å². The van der Waals surface area contributed by atoms with Crippen molar-refractivity contribution in [2.45, 2.75) is 70.2 Å². The van der Waals surface area contributed by atoms with Crippen LogP contribution < -0.4 is 10.1 Å². The van der Waals surface area contributed by atoms with E-state index in [9.17, 15) is 14.9 Å². The van der Waals surface area contributed by atoms with Gasteiger partial charge in [0.1, 0.15) is 17.7 Å². The number of carbonyl (C=O) groups is 1. The Morgan fingerprint density at radius 2 is 1.88 bits per heavy atom.